The van der Waals surface area contributed by atoms with Crippen molar-refractivity contribution < 1.29 is 19.3 Å². The zero-order chi connectivity index (χ0) is 17.9. The van der Waals surface area contributed by atoms with Crippen LogP contribution in [0.5, 0.6) is 5.75 Å². The Labute approximate surface area is 147 Å². The molecule has 1 fully saturated rings. The van der Waals surface area contributed by atoms with Gasteiger partial charge in [-0.2, -0.15) is 0 Å². The van der Waals surface area contributed by atoms with Gasteiger partial charge in [-0.15, -0.1) is 0 Å². The van der Waals surface area contributed by atoms with Crippen LogP contribution < -0.4 is 4.74 Å². The molecule has 4 nitrogen and oxygen atoms in total. The summed E-state index contributed by atoms with van der Waals surface area (Å²) in [5.74, 6) is 0.346. The van der Waals surface area contributed by atoms with E-state index in [9.17, 15) is 14.6 Å². The summed E-state index contributed by atoms with van der Waals surface area (Å²) in [6.07, 6.45) is 0.257. The molecule has 0 amide bonds. The molecule has 1 aliphatic rings. The molecule has 1 heterocycles. The summed E-state index contributed by atoms with van der Waals surface area (Å²) < 4.78 is 19.2. The van der Waals surface area contributed by atoms with E-state index in [1.165, 1.54) is 6.07 Å². The van der Waals surface area contributed by atoms with E-state index >= 15 is 0 Å². The van der Waals surface area contributed by atoms with Crippen LogP contribution in [0.2, 0.25) is 0 Å². The zero-order valence-corrected chi connectivity index (χ0v) is 14.4. The Kier molecular flexibility index (Phi) is 5.37. The number of hydrogen-bond acceptors (Lipinski definition) is 4. The molecule has 0 spiro atoms. The normalized spacial score (nSPS) is 18.7. The van der Waals surface area contributed by atoms with Gasteiger partial charge < -0.3 is 19.8 Å². The first-order valence-corrected chi connectivity index (χ1v) is 8.53. The number of aliphatic hydroxyl groups excluding tert-OH is 1. The van der Waals surface area contributed by atoms with Crippen LogP contribution in [0.15, 0.2) is 48.5 Å². The lowest BCUT2D eigenvalue weighted by molar-refractivity contribution is -0.0367. The van der Waals surface area contributed by atoms with Crippen molar-refractivity contribution in [3.05, 3.63) is 65.5 Å². The number of halogens is 1. The topological polar surface area (TPSA) is 52.9 Å². The molecular weight excluding hydrogens is 321 g/mol. The number of β-amino-alcohol motifs (C(OH)–C–C–N with tert-alkyl or cyclic N) is 1. The smallest absolute Gasteiger partial charge is 0.129 e. The second-order valence-electron chi connectivity index (χ2n) is 6.60. The second kappa shape index (κ2) is 7.52. The van der Waals surface area contributed by atoms with E-state index in [1.807, 2.05) is 24.3 Å². The van der Waals surface area contributed by atoms with E-state index in [-0.39, 0.29) is 5.82 Å². The van der Waals surface area contributed by atoms with Gasteiger partial charge in [-0.05, 0) is 36.6 Å². The Morgan fingerprint density at radius 3 is 2.56 bits per heavy atom. The van der Waals surface area contributed by atoms with Crippen molar-refractivity contribution >= 4 is 0 Å². The van der Waals surface area contributed by atoms with Crippen LogP contribution in [0.3, 0.4) is 0 Å². The first-order chi connectivity index (χ1) is 12.0. The standard InChI is InChI=1S/C20H24FNO3/c1-25-16-6-4-5-15(13-16)19(23)14-22-11-9-20(24,10-12-22)17-7-2-3-8-18(17)21/h2-8,13,19,23-24H,9-12,14H2,1H3/t19-/m1/s1. The molecule has 1 atom stereocenters. The highest BCUT2D eigenvalue weighted by atomic mass is 19.1. The lowest BCUT2D eigenvalue weighted by atomic mass is 9.84. The molecule has 1 aliphatic heterocycles. The Bertz CT molecular complexity index is 714. The van der Waals surface area contributed by atoms with Crippen molar-refractivity contribution in [2.75, 3.05) is 26.7 Å². The number of nitrogens with zero attached hydrogens (tertiary/aromatic N) is 1. The molecule has 134 valence electrons. The van der Waals surface area contributed by atoms with E-state index in [1.54, 1.807) is 25.3 Å². The fraction of sp³-hybridized carbons (Fsp3) is 0.400. The number of likely N-dealkylation sites (tertiary alicyclic amines) is 1. The number of piperidine rings is 1. The number of methoxy groups -OCH3 is 1. The van der Waals surface area contributed by atoms with E-state index < -0.39 is 11.7 Å². The number of hydrogen-bond donors (Lipinski definition) is 2. The predicted octanol–water partition coefficient (Wildman–Crippen LogP) is 2.85. The van der Waals surface area contributed by atoms with E-state index in [0.717, 1.165) is 5.56 Å². The third-order valence-electron chi connectivity index (χ3n) is 4.97. The molecule has 0 saturated carbocycles. The zero-order valence-electron chi connectivity index (χ0n) is 14.4. The summed E-state index contributed by atoms with van der Waals surface area (Å²) in [6.45, 7) is 1.68. The number of benzene rings is 2. The van der Waals surface area contributed by atoms with Gasteiger partial charge in [-0.1, -0.05) is 30.3 Å². The molecule has 0 aromatic heterocycles. The number of ether oxygens (including phenoxy) is 1. The summed E-state index contributed by atoms with van der Waals surface area (Å²) in [5, 5.41) is 21.3. The predicted molar refractivity (Wildman–Crippen MR) is 93.9 cm³/mol. The molecule has 0 bridgehead atoms. The maximum absolute atomic E-state index is 14.0. The fourth-order valence-electron chi connectivity index (χ4n) is 3.41. The van der Waals surface area contributed by atoms with Crippen molar-refractivity contribution in [3.8, 4) is 5.75 Å². The van der Waals surface area contributed by atoms with Crippen LogP contribution in [0.25, 0.3) is 0 Å². The Morgan fingerprint density at radius 2 is 1.88 bits per heavy atom. The van der Waals surface area contributed by atoms with Gasteiger partial charge >= 0.3 is 0 Å². The molecule has 0 unspecified atom stereocenters. The average Bonchev–Trinajstić information content (AvgIpc) is 2.64. The molecule has 0 aliphatic carbocycles. The Balaban J connectivity index is 1.61. The summed E-state index contributed by atoms with van der Waals surface area (Å²) in [7, 11) is 1.60. The van der Waals surface area contributed by atoms with Crippen molar-refractivity contribution in [2.24, 2.45) is 0 Å². The summed E-state index contributed by atoms with van der Waals surface area (Å²) >= 11 is 0. The largest absolute Gasteiger partial charge is 0.497 e. The van der Waals surface area contributed by atoms with E-state index in [2.05, 4.69) is 4.90 Å². The van der Waals surface area contributed by atoms with Crippen LogP contribution in [0, 0.1) is 5.82 Å². The summed E-state index contributed by atoms with van der Waals surface area (Å²) in [4.78, 5) is 2.10. The molecule has 0 radical (unpaired) electrons. The third kappa shape index (κ3) is 4.00. The fourth-order valence-corrected chi connectivity index (χ4v) is 3.41. The quantitative estimate of drug-likeness (QED) is 0.875. The maximum atomic E-state index is 14.0. The molecule has 25 heavy (non-hydrogen) atoms. The average molecular weight is 345 g/mol. The minimum Gasteiger partial charge on any atom is -0.497 e. The lowest BCUT2D eigenvalue weighted by Crippen LogP contribution is -2.44. The van der Waals surface area contributed by atoms with Crippen LogP contribution in [0.4, 0.5) is 4.39 Å². The maximum Gasteiger partial charge on any atom is 0.129 e. The first-order valence-electron chi connectivity index (χ1n) is 8.53. The van der Waals surface area contributed by atoms with Gasteiger partial charge in [-0.25, -0.2) is 4.39 Å². The van der Waals surface area contributed by atoms with Crippen molar-refractivity contribution in [2.45, 2.75) is 24.5 Å². The van der Waals surface area contributed by atoms with Gasteiger partial charge in [0, 0.05) is 25.2 Å². The Morgan fingerprint density at radius 1 is 1.16 bits per heavy atom. The highest BCUT2D eigenvalue weighted by Gasteiger charge is 2.36. The van der Waals surface area contributed by atoms with Gasteiger partial charge in [-0.3, -0.25) is 0 Å². The highest BCUT2D eigenvalue weighted by Crippen LogP contribution is 2.34. The molecule has 3 rings (SSSR count). The van der Waals surface area contributed by atoms with Crippen molar-refractivity contribution in [1.29, 1.82) is 0 Å². The molecule has 2 N–H and O–H groups in total. The molecule has 5 heteroatoms. The van der Waals surface area contributed by atoms with Gasteiger partial charge in [0.15, 0.2) is 0 Å². The molecular formula is C20H24FNO3. The number of rotatable bonds is 5. The van der Waals surface area contributed by atoms with Crippen LogP contribution in [-0.4, -0.2) is 41.9 Å². The van der Waals surface area contributed by atoms with Crippen LogP contribution in [0.1, 0.15) is 30.1 Å². The first kappa shape index (κ1) is 17.9. The van der Waals surface area contributed by atoms with E-state index in [4.69, 9.17) is 4.74 Å². The molecule has 1 saturated heterocycles. The van der Waals surface area contributed by atoms with E-state index in [0.29, 0.717) is 43.8 Å². The van der Waals surface area contributed by atoms with Gasteiger partial charge in [0.25, 0.3) is 0 Å². The van der Waals surface area contributed by atoms with Crippen LogP contribution >= 0.6 is 0 Å². The van der Waals surface area contributed by atoms with Gasteiger partial charge in [0.05, 0.1) is 18.8 Å². The van der Waals surface area contributed by atoms with Crippen LogP contribution in [-0.2, 0) is 5.60 Å². The summed E-state index contributed by atoms with van der Waals surface area (Å²) in [5.41, 5.74) is 0.0280. The minimum absolute atomic E-state index is 0.364. The number of aliphatic hydroxyl groups is 2. The summed E-state index contributed by atoms with van der Waals surface area (Å²) in [6, 6.07) is 13.8. The molecule has 2 aromatic carbocycles. The monoisotopic (exact) mass is 345 g/mol. The minimum atomic E-state index is -1.14. The second-order valence-corrected chi connectivity index (χ2v) is 6.60. The van der Waals surface area contributed by atoms with Crippen molar-refractivity contribution in [1.82, 2.24) is 4.90 Å². The van der Waals surface area contributed by atoms with Crippen molar-refractivity contribution in [3.63, 3.8) is 0 Å². The lowest BCUT2D eigenvalue weighted by Gasteiger charge is -2.39. The molecule has 2 aromatic rings. The Hall–Kier alpha value is -1.95. The van der Waals surface area contributed by atoms with Gasteiger partial charge in [0.1, 0.15) is 11.6 Å². The SMILES string of the molecule is COc1cccc([C@H](O)CN2CCC(O)(c3ccccc3F)CC2)c1. The van der Waals surface area contributed by atoms with Gasteiger partial charge in [0.2, 0.25) is 0 Å². The third-order valence-corrected chi connectivity index (χ3v) is 4.97. The highest BCUT2D eigenvalue weighted by molar-refractivity contribution is 5.30.